The van der Waals surface area contributed by atoms with Gasteiger partial charge in [0, 0.05) is 18.5 Å². The summed E-state index contributed by atoms with van der Waals surface area (Å²) in [5, 5.41) is 16.5. The molecule has 242 valence electrons. The van der Waals surface area contributed by atoms with Crippen molar-refractivity contribution >= 4 is 23.9 Å². The van der Waals surface area contributed by atoms with E-state index in [2.05, 4.69) is 10.6 Å². The van der Waals surface area contributed by atoms with Crippen LogP contribution in [0.15, 0.2) is 48.5 Å². The molecule has 0 bridgehead atoms. The Balaban J connectivity index is 2.57. The van der Waals surface area contributed by atoms with Crippen molar-refractivity contribution in [3.8, 4) is 5.75 Å². The maximum absolute atomic E-state index is 14.3. The first-order valence-electron chi connectivity index (χ1n) is 15.1. The number of aromatic hydroxyl groups is 1. The van der Waals surface area contributed by atoms with E-state index >= 15 is 0 Å². The Kier molecular flexibility index (Phi) is 12.8. The molecule has 0 aliphatic rings. The van der Waals surface area contributed by atoms with E-state index in [4.69, 9.17) is 9.47 Å². The van der Waals surface area contributed by atoms with Gasteiger partial charge < -0.3 is 30.1 Å². The van der Waals surface area contributed by atoms with Crippen LogP contribution >= 0.6 is 0 Å². The Morgan fingerprint density at radius 1 is 0.886 bits per heavy atom. The van der Waals surface area contributed by atoms with Crippen molar-refractivity contribution < 1.29 is 33.8 Å². The zero-order valence-electron chi connectivity index (χ0n) is 27.5. The van der Waals surface area contributed by atoms with Crippen LogP contribution in [0.25, 0.3) is 0 Å². The number of phenols is 1. The molecule has 10 heteroatoms. The number of ether oxygens (including phenoxy) is 2. The molecule has 0 radical (unpaired) electrons. The minimum Gasteiger partial charge on any atom is -0.507 e. The number of unbranched alkanes of at least 4 members (excludes halogenated alkanes) is 1. The number of hydrogen-bond acceptors (Lipinski definition) is 7. The monoisotopic (exact) mass is 611 g/mol. The number of phenolic OH excluding ortho intramolecular Hbond substituents is 1. The molecule has 0 aliphatic carbocycles. The third kappa shape index (κ3) is 11.2. The average molecular weight is 612 g/mol. The van der Waals surface area contributed by atoms with Crippen LogP contribution in [-0.2, 0) is 30.3 Å². The number of nitrogens with one attached hydrogen (secondary N) is 2. The molecule has 2 aromatic rings. The first-order chi connectivity index (χ1) is 20.4. The lowest BCUT2D eigenvalue weighted by atomic mass is 9.98. The SMILES string of the molecule is CCCCN(C(=O)C(C)NC(=O)OC(C)(C)C)C(C(=O)NC(Cc1ccccc1)C(=O)OC(C)(C)C)c1cccc(C)c1O. The van der Waals surface area contributed by atoms with Crippen LogP contribution in [0.2, 0.25) is 0 Å². The van der Waals surface area contributed by atoms with Gasteiger partial charge in [-0.25, -0.2) is 9.59 Å². The van der Waals surface area contributed by atoms with E-state index in [1.165, 1.54) is 11.8 Å². The summed E-state index contributed by atoms with van der Waals surface area (Å²) in [5.74, 6) is -2.01. The van der Waals surface area contributed by atoms with Gasteiger partial charge >= 0.3 is 12.1 Å². The molecular weight excluding hydrogens is 562 g/mol. The number of amides is 3. The van der Waals surface area contributed by atoms with E-state index in [1.54, 1.807) is 66.7 Å². The van der Waals surface area contributed by atoms with Crippen LogP contribution in [0, 0.1) is 6.92 Å². The summed E-state index contributed by atoms with van der Waals surface area (Å²) >= 11 is 0. The molecular formula is C34H49N3O7. The summed E-state index contributed by atoms with van der Waals surface area (Å²) in [6, 6.07) is 10.7. The Morgan fingerprint density at radius 2 is 1.50 bits per heavy atom. The summed E-state index contributed by atoms with van der Waals surface area (Å²) in [5.41, 5.74) is -0.0838. The van der Waals surface area contributed by atoms with Gasteiger partial charge in [0.1, 0.15) is 35.1 Å². The molecule has 0 saturated heterocycles. The van der Waals surface area contributed by atoms with Gasteiger partial charge in [0.15, 0.2) is 0 Å². The lowest BCUT2D eigenvalue weighted by Gasteiger charge is -2.35. The van der Waals surface area contributed by atoms with Crippen molar-refractivity contribution in [1.82, 2.24) is 15.5 Å². The summed E-state index contributed by atoms with van der Waals surface area (Å²) < 4.78 is 11.0. The number of carbonyl (C=O) groups is 4. The second kappa shape index (κ2) is 15.6. The highest BCUT2D eigenvalue weighted by Crippen LogP contribution is 2.33. The summed E-state index contributed by atoms with van der Waals surface area (Å²) in [4.78, 5) is 55.5. The minimum atomic E-state index is -1.32. The number of esters is 1. The Bertz CT molecular complexity index is 1280. The fourth-order valence-electron chi connectivity index (χ4n) is 4.51. The first-order valence-corrected chi connectivity index (χ1v) is 15.1. The van der Waals surface area contributed by atoms with Crippen LogP contribution in [-0.4, -0.2) is 63.7 Å². The van der Waals surface area contributed by atoms with Crippen molar-refractivity contribution in [2.24, 2.45) is 0 Å². The molecule has 3 unspecified atom stereocenters. The maximum atomic E-state index is 14.3. The van der Waals surface area contributed by atoms with Gasteiger partial charge in [-0.3, -0.25) is 9.59 Å². The van der Waals surface area contributed by atoms with Gasteiger partial charge in [0.05, 0.1) is 0 Å². The van der Waals surface area contributed by atoms with Gasteiger partial charge in [-0.1, -0.05) is 61.9 Å². The van der Waals surface area contributed by atoms with E-state index in [1.807, 2.05) is 37.3 Å². The molecule has 2 aromatic carbocycles. The van der Waals surface area contributed by atoms with Gasteiger partial charge in [-0.15, -0.1) is 0 Å². The fourth-order valence-corrected chi connectivity index (χ4v) is 4.51. The van der Waals surface area contributed by atoms with E-state index in [0.29, 0.717) is 18.4 Å². The van der Waals surface area contributed by atoms with E-state index < -0.39 is 53.2 Å². The molecule has 0 spiro atoms. The smallest absolute Gasteiger partial charge is 0.408 e. The molecule has 0 heterocycles. The zero-order valence-corrected chi connectivity index (χ0v) is 27.5. The zero-order chi connectivity index (χ0) is 33.2. The average Bonchev–Trinajstić information content (AvgIpc) is 2.90. The lowest BCUT2D eigenvalue weighted by molar-refractivity contribution is -0.159. The summed E-state index contributed by atoms with van der Waals surface area (Å²) in [6.45, 7) is 15.7. The second-order valence-corrected chi connectivity index (χ2v) is 13.0. The molecule has 0 aromatic heterocycles. The summed E-state index contributed by atoms with van der Waals surface area (Å²) in [6.07, 6.45) is 0.621. The van der Waals surface area contributed by atoms with Gasteiger partial charge in [0.2, 0.25) is 11.8 Å². The second-order valence-electron chi connectivity index (χ2n) is 13.0. The van der Waals surface area contributed by atoms with E-state index in [9.17, 15) is 24.3 Å². The highest BCUT2D eigenvalue weighted by Gasteiger charge is 2.38. The molecule has 0 fully saturated rings. The Hall–Kier alpha value is -4.08. The fraction of sp³-hybridized carbons (Fsp3) is 0.529. The number of hydrogen-bond donors (Lipinski definition) is 3. The molecule has 3 N–H and O–H groups in total. The minimum absolute atomic E-state index is 0.146. The molecule has 44 heavy (non-hydrogen) atoms. The highest BCUT2D eigenvalue weighted by atomic mass is 16.6. The number of aryl methyl sites for hydroxylation is 1. The standard InChI is InChI=1S/C34H49N3O7/c1-10-11-20-37(30(40)23(3)35-32(42)44-34(7,8)9)27(25-19-15-16-22(2)28(25)38)29(39)36-26(31(41)43-33(4,5)6)21-24-17-13-12-14-18-24/h12-19,23,26-27,38H,10-11,20-21H2,1-9H3,(H,35,42)(H,36,39). The number of rotatable bonds is 12. The molecule has 10 nitrogen and oxygen atoms in total. The van der Waals surface area contributed by atoms with Crippen molar-refractivity contribution in [2.45, 2.75) is 111 Å². The number of nitrogens with zero attached hydrogens (tertiary/aromatic N) is 1. The quantitative estimate of drug-likeness (QED) is 0.275. The predicted molar refractivity (Wildman–Crippen MR) is 169 cm³/mol. The van der Waals surface area contributed by atoms with Crippen LogP contribution in [0.1, 0.15) is 91.0 Å². The molecule has 0 aliphatic heterocycles. The van der Waals surface area contributed by atoms with E-state index in [0.717, 1.165) is 5.56 Å². The predicted octanol–water partition coefficient (Wildman–Crippen LogP) is 5.35. The van der Waals surface area contributed by atoms with E-state index in [-0.39, 0.29) is 24.3 Å². The first kappa shape index (κ1) is 36.1. The molecule has 3 amide bonds. The van der Waals surface area contributed by atoms with Gasteiger partial charge in [-0.2, -0.15) is 0 Å². The number of benzene rings is 2. The summed E-state index contributed by atoms with van der Waals surface area (Å²) in [7, 11) is 0. The number of carbonyl (C=O) groups excluding carboxylic acids is 4. The Morgan fingerprint density at radius 3 is 2.07 bits per heavy atom. The number of alkyl carbamates (subject to hydrolysis) is 1. The topological polar surface area (TPSA) is 134 Å². The van der Waals surface area contributed by atoms with Crippen molar-refractivity contribution in [1.29, 1.82) is 0 Å². The normalized spacial score (nSPS) is 13.7. The van der Waals surface area contributed by atoms with Gasteiger partial charge in [0.25, 0.3) is 0 Å². The highest BCUT2D eigenvalue weighted by molar-refractivity contribution is 5.94. The maximum Gasteiger partial charge on any atom is 0.408 e. The lowest BCUT2D eigenvalue weighted by Crippen LogP contribution is -2.54. The van der Waals surface area contributed by atoms with Crippen LogP contribution < -0.4 is 10.6 Å². The Labute approximate surface area is 261 Å². The van der Waals surface area contributed by atoms with Crippen molar-refractivity contribution in [3.05, 3.63) is 65.2 Å². The third-order valence-corrected chi connectivity index (χ3v) is 6.55. The van der Waals surface area contributed by atoms with Crippen LogP contribution in [0.4, 0.5) is 4.79 Å². The van der Waals surface area contributed by atoms with Crippen LogP contribution in [0.5, 0.6) is 5.75 Å². The molecule has 2 rings (SSSR count). The molecule has 0 saturated carbocycles. The van der Waals surface area contributed by atoms with Gasteiger partial charge in [-0.05, 0) is 72.9 Å². The third-order valence-electron chi connectivity index (χ3n) is 6.55. The van der Waals surface area contributed by atoms with Crippen molar-refractivity contribution in [2.75, 3.05) is 6.54 Å². The number of para-hydroxylation sites is 1. The largest absolute Gasteiger partial charge is 0.507 e. The molecule has 3 atom stereocenters. The van der Waals surface area contributed by atoms with Crippen LogP contribution in [0.3, 0.4) is 0 Å². The van der Waals surface area contributed by atoms with Crippen molar-refractivity contribution in [3.63, 3.8) is 0 Å².